The van der Waals surface area contributed by atoms with Crippen LogP contribution in [0, 0.1) is 5.82 Å². The maximum absolute atomic E-state index is 13.1. The third kappa shape index (κ3) is 4.44. The van der Waals surface area contributed by atoms with Gasteiger partial charge in [0, 0.05) is 45.0 Å². The summed E-state index contributed by atoms with van der Waals surface area (Å²) >= 11 is 0. The molecule has 0 radical (unpaired) electrons. The van der Waals surface area contributed by atoms with E-state index >= 15 is 0 Å². The van der Waals surface area contributed by atoms with Gasteiger partial charge < -0.3 is 9.80 Å². The van der Waals surface area contributed by atoms with Crippen molar-refractivity contribution >= 4 is 21.6 Å². The van der Waals surface area contributed by atoms with Gasteiger partial charge in [-0.1, -0.05) is 6.07 Å². The maximum Gasteiger partial charge on any atom is 0.471 e. The number of fused-ring (bicyclic) bond motifs is 1. The van der Waals surface area contributed by atoms with Gasteiger partial charge in [-0.3, -0.25) is 4.79 Å². The number of hydrogen-bond acceptors (Lipinski definition) is 4. The second-order valence-electron chi connectivity index (χ2n) is 7.77. The summed E-state index contributed by atoms with van der Waals surface area (Å²) in [5.41, 5.74) is 1.93. The molecule has 11 heteroatoms. The quantitative estimate of drug-likeness (QED) is 0.646. The van der Waals surface area contributed by atoms with Gasteiger partial charge in [-0.05, 0) is 53.9 Å². The Morgan fingerprint density at radius 1 is 0.875 bits per heavy atom. The summed E-state index contributed by atoms with van der Waals surface area (Å²) in [6.07, 6.45) is -4.74. The van der Waals surface area contributed by atoms with Crippen LogP contribution in [0.3, 0.4) is 0 Å². The second-order valence-corrected chi connectivity index (χ2v) is 9.71. The van der Waals surface area contributed by atoms with Gasteiger partial charge in [0.05, 0.1) is 4.90 Å². The van der Waals surface area contributed by atoms with Gasteiger partial charge in [-0.2, -0.15) is 17.5 Å². The number of amides is 1. The molecule has 0 atom stereocenters. The molecular weight excluding hydrogens is 450 g/mol. The van der Waals surface area contributed by atoms with Crippen LogP contribution in [0.4, 0.5) is 23.2 Å². The van der Waals surface area contributed by atoms with Gasteiger partial charge in [0.15, 0.2) is 0 Å². The van der Waals surface area contributed by atoms with E-state index in [9.17, 15) is 30.8 Å². The Morgan fingerprint density at radius 2 is 1.53 bits per heavy atom. The fourth-order valence-electron chi connectivity index (χ4n) is 4.03. The molecule has 2 aromatic rings. The highest BCUT2D eigenvalue weighted by atomic mass is 32.2. The number of anilines is 1. The minimum Gasteiger partial charge on any atom is -0.369 e. The zero-order valence-corrected chi connectivity index (χ0v) is 17.8. The minimum atomic E-state index is -4.97. The summed E-state index contributed by atoms with van der Waals surface area (Å²) in [6, 6.07) is 10.4. The number of carbonyl (C=O) groups is 1. The molecular formula is C21H21F4N3O3S. The normalized spacial score (nSPS) is 17.9. The summed E-state index contributed by atoms with van der Waals surface area (Å²) in [5, 5.41) is 0. The second kappa shape index (κ2) is 8.36. The molecule has 0 aliphatic carbocycles. The largest absolute Gasteiger partial charge is 0.471 e. The van der Waals surface area contributed by atoms with Gasteiger partial charge in [0.25, 0.3) is 0 Å². The van der Waals surface area contributed by atoms with Crippen LogP contribution in [-0.2, 0) is 27.8 Å². The summed E-state index contributed by atoms with van der Waals surface area (Å²) in [7, 11) is -3.85. The number of halogens is 4. The lowest BCUT2D eigenvalue weighted by molar-refractivity contribution is -0.186. The molecule has 2 aliphatic rings. The first-order valence-electron chi connectivity index (χ1n) is 10.0. The molecule has 1 saturated heterocycles. The molecule has 2 aliphatic heterocycles. The van der Waals surface area contributed by atoms with Crippen molar-refractivity contribution in [3.63, 3.8) is 0 Å². The van der Waals surface area contributed by atoms with Gasteiger partial charge >= 0.3 is 12.1 Å². The van der Waals surface area contributed by atoms with Crippen LogP contribution in [0.5, 0.6) is 0 Å². The lowest BCUT2D eigenvalue weighted by atomic mass is 10.00. The van der Waals surface area contributed by atoms with Gasteiger partial charge in [0.2, 0.25) is 10.0 Å². The number of nitrogens with zero attached hydrogens (tertiary/aromatic N) is 3. The monoisotopic (exact) mass is 471 g/mol. The molecule has 4 rings (SSSR count). The molecule has 0 unspecified atom stereocenters. The number of carbonyl (C=O) groups excluding carboxylic acids is 1. The average molecular weight is 471 g/mol. The van der Waals surface area contributed by atoms with E-state index in [0.717, 1.165) is 11.3 Å². The third-order valence-corrected chi connectivity index (χ3v) is 7.68. The van der Waals surface area contributed by atoms with Crippen LogP contribution < -0.4 is 4.90 Å². The molecule has 6 nitrogen and oxygen atoms in total. The first kappa shape index (κ1) is 22.5. The summed E-state index contributed by atoms with van der Waals surface area (Å²) in [5.74, 6) is -2.27. The van der Waals surface area contributed by atoms with E-state index in [-0.39, 0.29) is 43.3 Å². The molecule has 172 valence electrons. The SMILES string of the molecule is O=C(N1CCc2ccc(S(=O)(=O)N3CCN(c4ccc(F)cc4)CC3)cc2C1)C(F)(F)F. The topological polar surface area (TPSA) is 60.9 Å². The van der Waals surface area contributed by atoms with Crippen molar-refractivity contribution in [2.45, 2.75) is 24.0 Å². The molecule has 1 amide bonds. The lowest BCUT2D eigenvalue weighted by Gasteiger charge is -2.35. The van der Waals surface area contributed by atoms with Crippen molar-refractivity contribution in [1.29, 1.82) is 0 Å². The Bertz CT molecular complexity index is 1110. The summed E-state index contributed by atoms with van der Waals surface area (Å²) in [4.78, 5) is 14.2. The average Bonchev–Trinajstić information content (AvgIpc) is 2.78. The third-order valence-electron chi connectivity index (χ3n) is 5.79. The summed E-state index contributed by atoms with van der Waals surface area (Å²) in [6.45, 7) is 0.927. The van der Waals surface area contributed by atoms with Crippen molar-refractivity contribution in [2.75, 3.05) is 37.6 Å². The van der Waals surface area contributed by atoms with Crippen molar-refractivity contribution in [2.24, 2.45) is 0 Å². The van der Waals surface area contributed by atoms with Gasteiger partial charge in [-0.15, -0.1) is 0 Å². The zero-order valence-electron chi connectivity index (χ0n) is 17.0. The predicted molar refractivity (Wildman–Crippen MR) is 109 cm³/mol. The fraction of sp³-hybridized carbons (Fsp3) is 0.381. The van der Waals surface area contributed by atoms with Gasteiger partial charge in [-0.25, -0.2) is 12.8 Å². The predicted octanol–water partition coefficient (Wildman–Crippen LogP) is 2.78. The molecule has 0 bridgehead atoms. The van der Waals surface area contributed by atoms with Crippen molar-refractivity contribution in [3.05, 3.63) is 59.4 Å². The van der Waals surface area contributed by atoms with Crippen LogP contribution in [0.15, 0.2) is 47.4 Å². The van der Waals surface area contributed by atoms with E-state index in [4.69, 9.17) is 0 Å². The van der Waals surface area contributed by atoms with E-state index in [1.807, 2.05) is 4.90 Å². The Labute approximate surface area is 183 Å². The lowest BCUT2D eigenvalue weighted by Crippen LogP contribution is -2.48. The number of benzene rings is 2. The van der Waals surface area contributed by atoms with E-state index in [1.54, 1.807) is 18.2 Å². The summed E-state index contributed by atoms with van der Waals surface area (Å²) < 4.78 is 79.1. The van der Waals surface area contributed by atoms with Crippen molar-refractivity contribution in [3.8, 4) is 0 Å². The highest BCUT2D eigenvalue weighted by molar-refractivity contribution is 7.89. The highest BCUT2D eigenvalue weighted by Crippen LogP contribution is 2.28. The maximum atomic E-state index is 13.1. The first-order chi connectivity index (χ1) is 15.1. The van der Waals surface area contributed by atoms with Crippen LogP contribution in [0.25, 0.3) is 0 Å². The Morgan fingerprint density at radius 3 is 2.16 bits per heavy atom. The van der Waals surface area contributed by atoms with Gasteiger partial charge in [0.1, 0.15) is 5.82 Å². The number of piperazine rings is 1. The van der Waals surface area contributed by atoms with Crippen molar-refractivity contribution < 1.29 is 30.8 Å². The number of rotatable bonds is 3. The van der Waals surface area contributed by atoms with Crippen LogP contribution in [0.1, 0.15) is 11.1 Å². The Hall–Kier alpha value is -2.66. The van der Waals surface area contributed by atoms with E-state index in [1.165, 1.54) is 28.6 Å². The Balaban J connectivity index is 1.48. The first-order valence-corrected chi connectivity index (χ1v) is 11.5. The standard InChI is InChI=1S/C21H21F4N3O3S/c22-17-2-4-18(5-3-17)26-9-11-28(12-10-26)32(30,31)19-6-1-15-7-8-27(14-16(15)13-19)20(29)21(23,24)25/h1-6,13H,7-12,14H2. The molecule has 2 heterocycles. The molecule has 0 aromatic heterocycles. The van der Waals surface area contributed by atoms with Crippen LogP contribution >= 0.6 is 0 Å². The molecule has 0 N–H and O–H groups in total. The molecule has 2 aromatic carbocycles. The minimum absolute atomic E-state index is 0.00668. The molecule has 0 spiro atoms. The number of sulfonamides is 1. The van der Waals surface area contributed by atoms with E-state index in [2.05, 4.69) is 0 Å². The number of hydrogen-bond donors (Lipinski definition) is 0. The molecule has 1 fully saturated rings. The molecule has 0 saturated carbocycles. The van der Waals surface area contributed by atoms with E-state index in [0.29, 0.717) is 23.6 Å². The van der Waals surface area contributed by atoms with Crippen LogP contribution in [-0.4, -0.2) is 62.4 Å². The molecule has 32 heavy (non-hydrogen) atoms. The highest BCUT2D eigenvalue weighted by Gasteiger charge is 2.43. The van der Waals surface area contributed by atoms with Crippen molar-refractivity contribution in [1.82, 2.24) is 9.21 Å². The zero-order chi connectivity index (χ0) is 23.1. The Kier molecular flexibility index (Phi) is 5.89. The van der Waals surface area contributed by atoms with E-state index < -0.39 is 22.1 Å². The smallest absolute Gasteiger partial charge is 0.369 e. The number of alkyl halides is 3. The van der Waals surface area contributed by atoms with Crippen LogP contribution in [0.2, 0.25) is 0 Å². The fourth-order valence-corrected chi connectivity index (χ4v) is 5.51.